The number of halogens is 1. The van der Waals surface area contributed by atoms with Crippen molar-refractivity contribution in [1.82, 2.24) is 5.32 Å². The number of rotatable bonds is 2. The molecule has 3 N–H and O–H groups in total. The van der Waals surface area contributed by atoms with Gasteiger partial charge in [0.1, 0.15) is 5.60 Å². The van der Waals surface area contributed by atoms with Crippen LogP contribution in [-0.4, -0.2) is 30.8 Å². The van der Waals surface area contributed by atoms with Crippen LogP contribution in [0.5, 0.6) is 0 Å². The standard InChI is InChI=1S/C15H22BrN3O2/c1-15(2,3)21-14(20)19(11-6-7-18-9-11)10-4-5-13(17)12(16)8-10/h4-5,8,11,18H,6-7,9,17H2,1-3H3/t11-/m0/s1. The van der Waals surface area contributed by atoms with Crippen molar-refractivity contribution in [3.63, 3.8) is 0 Å². The Morgan fingerprint density at radius 1 is 1.48 bits per heavy atom. The fourth-order valence-electron chi connectivity index (χ4n) is 2.30. The van der Waals surface area contributed by atoms with Gasteiger partial charge in [0.05, 0.1) is 6.04 Å². The van der Waals surface area contributed by atoms with Crippen LogP contribution in [0.15, 0.2) is 22.7 Å². The molecule has 1 heterocycles. The van der Waals surface area contributed by atoms with Gasteiger partial charge < -0.3 is 15.8 Å². The molecule has 2 rings (SSSR count). The molecule has 0 unspecified atom stereocenters. The second-order valence-corrected chi connectivity index (χ2v) is 7.06. The summed E-state index contributed by atoms with van der Waals surface area (Å²) in [5.74, 6) is 0. The molecule has 0 saturated carbocycles. The highest BCUT2D eigenvalue weighted by molar-refractivity contribution is 9.10. The van der Waals surface area contributed by atoms with Crippen molar-refractivity contribution in [2.75, 3.05) is 23.7 Å². The van der Waals surface area contributed by atoms with E-state index in [0.29, 0.717) is 5.69 Å². The van der Waals surface area contributed by atoms with Crippen LogP contribution in [0.4, 0.5) is 16.2 Å². The van der Waals surface area contributed by atoms with Gasteiger partial charge in [0.2, 0.25) is 0 Å². The molecular formula is C15H22BrN3O2. The molecule has 1 fully saturated rings. The number of nitrogens with two attached hydrogens (primary N) is 1. The number of benzene rings is 1. The fourth-order valence-corrected chi connectivity index (χ4v) is 2.67. The van der Waals surface area contributed by atoms with Crippen molar-refractivity contribution >= 4 is 33.4 Å². The largest absolute Gasteiger partial charge is 0.443 e. The zero-order valence-electron chi connectivity index (χ0n) is 12.6. The molecule has 21 heavy (non-hydrogen) atoms. The normalized spacial score (nSPS) is 18.6. The SMILES string of the molecule is CC(C)(C)OC(=O)N(c1ccc(N)c(Br)c1)[C@H]1CCNC1. The highest BCUT2D eigenvalue weighted by Crippen LogP contribution is 2.29. The topological polar surface area (TPSA) is 67.6 Å². The number of nitrogens with one attached hydrogen (secondary N) is 1. The lowest BCUT2D eigenvalue weighted by molar-refractivity contribution is 0.0568. The van der Waals surface area contributed by atoms with Gasteiger partial charge in [0.25, 0.3) is 0 Å². The molecule has 0 aromatic heterocycles. The zero-order valence-corrected chi connectivity index (χ0v) is 14.2. The summed E-state index contributed by atoms with van der Waals surface area (Å²) >= 11 is 3.41. The minimum atomic E-state index is -0.521. The molecule has 0 spiro atoms. The maximum atomic E-state index is 12.6. The van der Waals surface area contributed by atoms with E-state index in [9.17, 15) is 4.79 Å². The number of carbonyl (C=O) groups excluding carboxylic acids is 1. The molecule has 116 valence electrons. The summed E-state index contributed by atoms with van der Waals surface area (Å²) in [6.45, 7) is 7.28. The molecule has 0 aliphatic carbocycles. The van der Waals surface area contributed by atoms with Gasteiger partial charge in [0.15, 0.2) is 0 Å². The first-order chi connectivity index (χ1) is 9.78. The molecule has 0 radical (unpaired) electrons. The van der Waals surface area contributed by atoms with Crippen LogP contribution in [0.2, 0.25) is 0 Å². The van der Waals surface area contributed by atoms with Crippen LogP contribution in [0.3, 0.4) is 0 Å². The first-order valence-corrected chi connectivity index (χ1v) is 7.85. The molecular weight excluding hydrogens is 334 g/mol. The Kier molecular flexibility index (Phi) is 4.78. The minimum absolute atomic E-state index is 0.0929. The Bertz CT molecular complexity index is 522. The quantitative estimate of drug-likeness (QED) is 0.799. The number of amides is 1. The molecule has 5 nitrogen and oxygen atoms in total. The summed E-state index contributed by atoms with van der Waals surface area (Å²) in [7, 11) is 0. The van der Waals surface area contributed by atoms with E-state index in [-0.39, 0.29) is 12.1 Å². The van der Waals surface area contributed by atoms with E-state index in [1.54, 1.807) is 11.0 Å². The molecule has 1 aliphatic rings. The third-order valence-electron chi connectivity index (χ3n) is 3.25. The first kappa shape index (κ1) is 16.1. The molecule has 1 amide bonds. The maximum Gasteiger partial charge on any atom is 0.415 e. The second-order valence-electron chi connectivity index (χ2n) is 6.20. The van der Waals surface area contributed by atoms with Gasteiger partial charge in [-0.25, -0.2) is 4.79 Å². The number of hydrogen-bond acceptors (Lipinski definition) is 4. The summed E-state index contributed by atoms with van der Waals surface area (Å²) in [5, 5.41) is 3.28. The zero-order chi connectivity index (χ0) is 15.6. The van der Waals surface area contributed by atoms with Crippen LogP contribution in [0.25, 0.3) is 0 Å². The second kappa shape index (κ2) is 6.23. The molecule has 6 heteroatoms. The van der Waals surface area contributed by atoms with E-state index >= 15 is 0 Å². The van der Waals surface area contributed by atoms with Crippen molar-refractivity contribution in [2.24, 2.45) is 0 Å². The van der Waals surface area contributed by atoms with E-state index in [1.807, 2.05) is 32.9 Å². The van der Waals surface area contributed by atoms with Crippen molar-refractivity contribution in [3.8, 4) is 0 Å². The van der Waals surface area contributed by atoms with Gasteiger partial charge in [-0.15, -0.1) is 0 Å². The number of nitrogens with zero attached hydrogens (tertiary/aromatic N) is 1. The predicted octanol–water partition coefficient (Wildman–Crippen LogP) is 3.13. The van der Waals surface area contributed by atoms with Crippen molar-refractivity contribution in [1.29, 1.82) is 0 Å². The van der Waals surface area contributed by atoms with Crippen LogP contribution in [0, 0.1) is 0 Å². The van der Waals surface area contributed by atoms with Gasteiger partial charge in [-0.1, -0.05) is 0 Å². The number of nitrogen functional groups attached to an aromatic ring is 1. The van der Waals surface area contributed by atoms with Crippen LogP contribution < -0.4 is 16.0 Å². The number of hydrogen-bond donors (Lipinski definition) is 2. The van der Waals surface area contributed by atoms with E-state index in [1.165, 1.54) is 0 Å². The van der Waals surface area contributed by atoms with Gasteiger partial charge in [-0.05, 0) is 67.9 Å². The Hall–Kier alpha value is -1.27. The van der Waals surface area contributed by atoms with E-state index < -0.39 is 5.60 Å². The molecule has 1 saturated heterocycles. The van der Waals surface area contributed by atoms with Crippen LogP contribution >= 0.6 is 15.9 Å². The fraction of sp³-hybridized carbons (Fsp3) is 0.533. The Labute approximate surface area is 134 Å². The highest BCUT2D eigenvalue weighted by atomic mass is 79.9. The van der Waals surface area contributed by atoms with E-state index in [2.05, 4.69) is 21.2 Å². The van der Waals surface area contributed by atoms with E-state index in [4.69, 9.17) is 10.5 Å². The maximum absolute atomic E-state index is 12.6. The number of ether oxygens (including phenoxy) is 1. The molecule has 0 bridgehead atoms. The molecule has 1 aromatic rings. The highest BCUT2D eigenvalue weighted by Gasteiger charge is 2.31. The minimum Gasteiger partial charge on any atom is -0.443 e. The monoisotopic (exact) mass is 355 g/mol. The number of anilines is 2. The lowest BCUT2D eigenvalue weighted by atomic mass is 10.1. The summed E-state index contributed by atoms with van der Waals surface area (Å²) in [5.41, 5.74) is 6.74. The summed E-state index contributed by atoms with van der Waals surface area (Å²) in [6.07, 6.45) is 0.578. The average molecular weight is 356 g/mol. The van der Waals surface area contributed by atoms with Crippen LogP contribution in [-0.2, 0) is 4.74 Å². The van der Waals surface area contributed by atoms with Gasteiger partial charge in [-0.3, -0.25) is 4.90 Å². The van der Waals surface area contributed by atoms with Gasteiger partial charge >= 0.3 is 6.09 Å². The lowest BCUT2D eigenvalue weighted by Crippen LogP contribution is -2.44. The molecule has 1 atom stereocenters. The van der Waals surface area contributed by atoms with Crippen molar-refractivity contribution < 1.29 is 9.53 Å². The smallest absolute Gasteiger partial charge is 0.415 e. The third kappa shape index (κ3) is 4.11. The van der Waals surface area contributed by atoms with E-state index in [0.717, 1.165) is 29.7 Å². The van der Waals surface area contributed by atoms with Crippen molar-refractivity contribution in [2.45, 2.75) is 38.8 Å². The lowest BCUT2D eigenvalue weighted by Gasteiger charge is -2.31. The molecule has 1 aliphatic heterocycles. The Morgan fingerprint density at radius 3 is 2.71 bits per heavy atom. The molecule has 1 aromatic carbocycles. The summed E-state index contributed by atoms with van der Waals surface area (Å²) in [4.78, 5) is 14.3. The number of carbonyl (C=O) groups is 1. The average Bonchev–Trinajstić information content (AvgIpc) is 2.85. The summed E-state index contributed by atoms with van der Waals surface area (Å²) in [6, 6.07) is 5.59. The van der Waals surface area contributed by atoms with Gasteiger partial charge in [-0.2, -0.15) is 0 Å². The third-order valence-corrected chi connectivity index (χ3v) is 3.94. The van der Waals surface area contributed by atoms with Crippen LogP contribution in [0.1, 0.15) is 27.2 Å². The predicted molar refractivity (Wildman–Crippen MR) is 88.5 cm³/mol. The first-order valence-electron chi connectivity index (χ1n) is 7.06. The van der Waals surface area contributed by atoms with Gasteiger partial charge in [0, 0.05) is 22.4 Å². The Morgan fingerprint density at radius 2 is 2.19 bits per heavy atom. The van der Waals surface area contributed by atoms with Crippen molar-refractivity contribution in [3.05, 3.63) is 22.7 Å². The summed E-state index contributed by atoms with van der Waals surface area (Å²) < 4.78 is 6.33. The Balaban J connectivity index is 2.31.